The number of halogens is 4. The van der Waals surface area contributed by atoms with Crippen LogP contribution in [-0.2, 0) is 76.6 Å². The van der Waals surface area contributed by atoms with Gasteiger partial charge in [0.15, 0.2) is 0 Å². The molecule has 2 saturated carbocycles. The number of carbonyl (C=O) groups is 12. The van der Waals surface area contributed by atoms with Crippen molar-refractivity contribution in [2.45, 2.75) is 211 Å². The van der Waals surface area contributed by atoms with Gasteiger partial charge in [-0.2, -0.15) is 13.2 Å². The molecule has 3 saturated heterocycles. The van der Waals surface area contributed by atoms with E-state index in [0.29, 0.717) is 70.0 Å². The van der Waals surface area contributed by atoms with Crippen molar-refractivity contribution in [1.29, 1.82) is 0 Å². The van der Waals surface area contributed by atoms with Gasteiger partial charge in [-0.15, -0.1) is 0 Å². The van der Waals surface area contributed by atoms with Crippen molar-refractivity contribution in [3.8, 4) is 0 Å². The summed E-state index contributed by atoms with van der Waals surface area (Å²) >= 11 is 6.16. The minimum Gasteiger partial charge on any atom is -0.343 e. The number of nitrogens with one attached hydrogen (secondary N) is 3. The van der Waals surface area contributed by atoms with E-state index in [0.717, 1.165) is 56.6 Å². The summed E-state index contributed by atoms with van der Waals surface area (Å²) < 4.78 is 41.6. The molecule has 2 aromatic carbocycles. The minimum absolute atomic E-state index is 0.0236. The predicted octanol–water partition coefficient (Wildman–Crippen LogP) is 5.61. The second kappa shape index (κ2) is 35.4. The average molecular weight is 1440 g/mol. The van der Waals surface area contributed by atoms with E-state index in [4.69, 9.17) is 11.6 Å². The molecule has 558 valence electrons. The molecular formula is C73H106ClF3N12O12. The lowest BCUT2D eigenvalue weighted by Crippen LogP contribution is -2.65. The van der Waals surface area contributed by atoms with E-state index in [-0.39, 0.29) is 63.0 Å². The molecule has 7 rings (SSSR count). The van der Waals surface area contributed by atoms with E-state index >= 15 is 24.0 Å². The Morgan fingerprint density at radius 1 is 0.624 bits per heavy atom. The summed E-state index contributed by atoms with van der Waals surface area (Å²) in [6.45, 7) is 8.14. The normalized spacial score (nSPS) is 25.5. The van der Waals surface area contributed by atoms with Gasteiger partial charge in [-0.1, -0.05) is 114 Å². The first-order valence-electron chi connectivity index (χ1n) is 35.8. The average Bonchev–Trinajstić information content (AvgIpc) is 1.76. The largest absolute Gasteiger partial charge is 0.417 e. The summed E-state index contributed by atoms with van der Waals surface area (Å²) in [5.74, 6) is -9.07. The Hall–Kier alpha value is -7.84. The number of likely N-dealkylation sites (N-methyl/N-ethyl adjacent to an activating group) is 7. The zero-order valence-corrected chi connectivity index (χ0v) is 61.7. The van der Waals surface area contributed by atoms with Crippen molar-refractivity contribution >= 4 is 82.5 Å². The minimum atomic E-state index is -4.77. The number of carbonyl (C=O) groups excluding carboxylic acids is 12. The fraction of sp³-hybridized carbons (Fsp3) is 0.671. The van der Waals surface area contributed by atoms with E-state index in [1.54, 1.807) is 24.0 Å². The van der Waals surface area contributed by atoms with Crippen LogP contribution in [0.1, 0.15) is 159 Å². The van der Waals surface area contributed by atoms with Gasteiger partial charge >= 0.3 is 6.18 Å². The van der Waals surface area contributed by atoms with Crippen LogP contribution in [-0.4, -0.2) is 251 Å². The smallest absolute Gasteiger partial charge is 0.343 e. The van der Waals surface area contributed by atoms with Crippen LogP contribution < -0.4 is 16.0 Å². The number of hydrogen-bond donors (Lipinski definition) is 3. The summed E-state index contributed by atoms with van der Waals surface area (Å²) in [5.41, 5.74) is -0.819. The maximum absolute atomic E-state index is 15.8. The number of amides is 12. The van der Waals surface area contributed by atoms with Crippen LogP contribution in [0.25, 0.3) is 0 Å². The fourth-order valence-electron chi connectivity index (χ4n) is 14.8. The van der Waals surface area contributed by atoms with Crippen molar-refractivity contribution in [2.75, 3.05) is 88.6 Å². The number of likely N-dealkylation sites (tertiary alicyclic amines) is 1. The molecule has 2 aromatic rings. The molecule has 101 heavy (non-hydrogen) atoms. The molecule has 0 unspecified atom stereocenters. The van der Waals surface area contributed by atoms with Crippen LogP contribution >= 0.6 is 11.6 Å². The Balaban J connectivity index is 1.29. The highest BCUT2D eigenvalue weighted by Gasteiger charge is 2.51. The summed E-state index contributed by atoms with van der Waals surface area (Å²) in [6.07, 6.45) is 1.45. The van der Waals surface area contributed by atoms with Crippen LogP contribution in [0, 0.1) is 24.7 Å². The molecule has 0 aromatic heterocycles. The first kappa shape index (κ1) is 80.5. The molecule has 5 fully saturated rings. The van der Waals surface area contributed by atoms with Crippen molar-refractivity contribution in [3.63, 3.8) is 0 Å². The molecule has 3 N–H and O–H groups in total. The predicted molar refractivity (Wildman–Crippen MR) is 373 cm³/mol. The van der Waals surface area contributed by atoms with Gasteiger partial charge in [-0.05, 0) is 119 Å². The highest BCUT2D eigenvalue weighted by Crippen LogP contribution is 2.38. The quantitative estimate of drug-likeness (QED) is 0.248. The highest BCUT2D eigenvalue weighted by molar-refractivity contribution is 6.31. The molecule has 0 radical (unpaired) electrons. The first-order chi connectivity index (χ1) is 47.6. The number of alkyl halides is 3. The van der Waals surface area contributed by atoms with Gasteiger partial charge in [0.05, 0.1) is 36.6 Å². The maximum atomic E-state index is 15.8. The molecule has 5 aliphatic rings. The van der Waals surface area contributed by atoms with Crippen LogP contribution in [0.5, 0.6) is 0 Å². The van der Waals surface area contributed by atoms with Gasteiger partial charge < -0.3 is 60.0 Å². The molecule has 3 aliphatic heterocycles. The van der Waals surface area contributed by atoms with E-state index in [1.165, 1.54) is 75.0 Å². The lowest BCUT2D eigenvalue weighted by atomic mass is 9.81. The molecule has 1 spiro atoms. The zero-order chi connectivity index (χ0) is 74.5. The molecule has 3 heterocycles. The van der Waals surface area contributed by atoms with E-state index in [2.05, 4.69) is 16.0 Å². The number of nitrogens with zero attached hydrogens (tertiary/aromatic N) is 9. The summed E-state index contributed by atoms with van der Waals surface area (Å²) in [7, 11) is 9.84. The summed E-state index contributed by atoms with van der Waals surface area (Å²) in [5, 5.41) is 8.13. The van der Waals surface area contributed by atoms with Gasteiger partial charge in [0, 0.05) is 75.4 Å². The van der Waals surface area contributed by atoms with Crippen molar-refractivity contribution in [3.05, 3.63) is 69.7 Å². The summed E-state index contributed by atoms with van der Waals surface area (Å²) in [4.78, 5) is 190. The number of hydrogen-bond acceptors (Lipinski definition) is 12. The Kier molecular flexibility index (Phi) is 28.2. The molecule has 28 heteroatoms. The Labute approximate surface area is 597 Å². The van der Waals surface area contributed by atoms with E-state index < -0.39 is 173 Å². The second-order valence-electron chi connectivity index (χ2n) is 29.3. The molecule has 24 nitrogen and oxygen atoms in total. The third kappa shape index (κ3) is 20.1. The van der Waals surface area contributed by atoms with Gasteiger partial charge in [-0.3, -0.25) is 57.5 Å². The standard InChI is InChI=1S/C73H106ClF3N12O12/c1-13-47(5)62-69(99)83(8)43-60(92)81(6)44-61(93)85(10)56(40-49-27-25-46(4)26-28-49)67(97)82(7)42-58(90)78-53(32-30-48-29-31-51(52(74)39-48)73(75,76)77)66(96)89-37-21-24-54(89)65(95)80-72(33-17-18-34-72)71(101)87(12)63(50-22-15-14-16-23-50)70(100)86(11)57(68(98)88-35-19-20-36-88)41-59(91)84(9)55(38-45(2)3)64(94)79-62/h25-29,31,39,45,47,50,53-57,62-63H,13-24,30,32-38,40-44H2,1-12H3,(H,78,90)(H,79,94)(H,80,95)/t47-,53-,54-,55-,56-,57-,62-,63-/m0/s1. The van der Waals surface area contributed by atoms with E-state index in [1.807, 2.05) is 39.8 Å². The van der Waals surface area contributed by atoms with Gasteiger partial charge in [0.2, 0.25) is 70.9 Å². The Bertz CT molecular complexity index is 3340. The lowest BCUT2D eigenvalue weighted by molar-refractivity contribution is -0.156. The van der Waals surface area contributed by atoms with Crippen LogP contribution in [0.2, 0.25) is 5.02 Å². The van der Waals surface area contributed by atoms with Gasteiger partial charge in [0.25, 0.3) is 0 Å². The highest BCUT2D eigenvalue weighted by atomic mass is 35.5. The third-order valence-electron chi connectivity index (χ3n) is 21.4. The molecule has 0 bridgehead atoms. The monoisotopic (exact) mass is 1430 g/mol. The molecular weight excluding hydrogens is 1330 g/mol. The Morgan fingerprint density at radius 2 is 1.23 bits per heavy atom. The van der Waals surface area contributed by atoms with Crippen molar-refractivity contribution in [1.82, 2.24) is 60.0 Å². The van der Waals surface area contributed by atoms with Gasteiger partial charge in [-0.25, -0.2) is 0 Å². The number of aryl methyl sites for hydroxylation is 2. The second-order valence-corrected chi connectivity index (χ2v) is 29.7. The molecule has 2 aliphatic carbocycles. The lowest BCUT2D eigenvalue weighted by Gasteiger charge is -2.43. The SMILES string of the molecule is CC[C@H](C)[C@@H]1NC(=O)[C@H](CC(C)C)N(C)C(=O)C[C@@H](C(=O)N2CCCC2)N(C)C(=O)[C@H](C2CCCCC2)N(C)C(=O)C2(CCCC2)NC(=O)[C@@H]2CCCN2C(=O)[C@H](CCc2ccc(C(F)(F)F)c(Cl)c2)NC(=O)CN(C)C(=O)[C@H](Cc2ccc(C)cc2)N(C)C(=O)CN(C)C(=O)CN(C)C1=O. The Morgan fingerprint density at radius 3 is 1.83 bits per heavy atom. The number of rotatable bonds is 11. The zero-order valence-electron chi connectivity index (χ0n) is 60.9. The van der Waals surface area contributed by atoms with Crippen LogP contribution in [0.3, 0.4) is 0 Å². The number of benzene rings is 2. The maximum Gasteiger partial charge on any atom is 0.417 e. The molecule has 8 atom stereocenters. The number of fused-ring (bicyclic) bond motifs is 1. The van der Waals surface area contributed by atoms with Crippen molar-refractivity contribution in [2.24, 2.45) is 17.8 Å². The topological polar surface area (TPSA) is 270 Å². The summed E-state index contributed by atoms with van der Waals surface area (Å²) in [6, 6.07) is 1.41. The van der Waals surface area contributed by atoms with E-state index in [9.17, 15) is 46.7 Å². The van der Waals surface area contributed by atoms with Crippen molar-refractivity contribution < 1.29 is 70.7 Å². The van der Waals surface area contributed by atoms with Crippen LogP contribution in [0.4, 0.5) is 13.2 Å². The first-order valence-corrected chi connectivity index (χ1v) is 36.2. The van der Waals surface area contributed by atoms with Crippen LogP contribution in [0.15, 0.2) is 42.5 Å². The molecule has 12 amide bonds. The fourth-order valence-corrected chi connectivity index (χ4v) is 15.2. The third-order valence-corrected chi connectivity index (χ3v) is 21.7. The van der Waals surface area contributed by atoms with Gasteiger partial charge in [0.1, 0.15) is 47.8 Å².